The molecule has 0 saturated heterocycles. The van der Waals surface area contributed by atoms with Crippen LogP contribution in [0.2, 0.25) is 0 Å². The summed E-state index contributed by atoms with van der Waals surface area (Å²) in [5.74, 6) is 1.01. The van der Waals surface area contributed by atoms with Crippen molar-refractivity contribution in [3.63, 3.8) is 0 Å². The number of aromatic amines is 1. The van der Waals surface area contributed by atoms with Crippen LogP contribution in [0, 0.1) is 6.92 Å². The van der Waals surface area contributed by atoms with E-state index in [-0.39, 0.29) is 5.56 Å². The van der Waals surface area contributed by atoms with Crippen molar-refractivity contribution in [2.75, 3.05) is 5.32 Å². The van der Waals surface area contributed by atoms with Crippen molar-refractivity contribution in [2.45, 2.75) is 39.2 Å². The molecule has 118 valence electrons. The predicted octanol–water partition coefficient (Wildman–Crippen LogP) is 2.22. The van der Waals surface area contributed by atoms with E-state index in [4.69, 9.17) is 0 Å². The van der Waals surface area contributed by atoms with E-state index in [1.807, 2.05) is 6.07 Å². The van der Waals surface area contributed by atoms with E-state index < -0.39 is 0 Å². The van der Waals surface area contributed by atoms with Crippen molar-refractivity contribution in [3.8, 4) is 0 Å². The van der Waals surface area contributed by atoms with Crippen molar-refractivity contribution >= 4 is 11.7 Å². The van der Waals surface area contributed by atoms with E-state index in [0.29, 0.717) is 18.3 Å². The van der Waals surface area contributed by atoms with Crippen LogP contribution in [-0.2, 0) is 19.4 Å². The zero-order chi connectivity index (χ0) is 15.8. The molecule has 0 unspecified atom stereocenters. The molecule has 6 nitrogen and oxygen atoms in total. The molecule has 0 fully saturated rings. The highest BCUT2D eigenvalue weighted by Crippen LogP contribution is 2.17. The molecule has 6 heteroatoms. The number of nitrogens with zero attached hydrogens (tertiary/aromatic N) is 3. The lowest BCUT2D eigenvalue weighted by atomic mass is 9.97. The molecule has 0 saturated carbocycles. The predicted molar refractivity (Wildman–Crippen MR) is 88.8 cm³/mol. The summed E-state index contributed by atoms with van der Waals surface area (Å²) in [4.78, 5) is 21.5. The lowest BCUT2D eigenvalue weighted by Crippen LogP contribution is -2.25. The van der Waals surface area contributed by atoms with Gasteiger partial charge in [0.2, 0.25) is 5.95 Å². The number of aromatic nitrogens is 4. The average molecular weight is 309 g/mol. The maximum absolute atomic E-state index is 12.5. The number of aryl methyl sites for hydroxylation is 2. The van der Waals surface area contributed by atoms with Crippen LogP contribution in [0.25, 0.3) is 5.78 Å². The van der Waals surface area contributed by atoms with Crippen LogP contribution in [0.5, 0.6) is 0 Å². The Hall–Kier alpha value is -2.63. The Bertz CT molecular complexity index is 924. The molecule has 0 bridgehead atoms. The van der Waals surface area contributed by atoms with Gasteiger partial charge >= 0.3 is 0 Å². The van der Waals surface area contributed by atoms with Gasteiger partial charge in [-0.25, -0.2) is 4.98 Å². The van der Waals surface area contributed by atoms with Gasteiger partial charge < -0.3 is 5.32 Å². The molecule has 2 heterocycles. The van der Waals surface area contributed by atoms with Gasteiger partial charge in [0.25, 0.3) is 11.3 Å². The van der Waals surface area contributed by atoms with E-state index in [1.165, 1.54) is 15.6 Å². The van der Waals surface area contributed by atoms with Crippen LogP contribution in [-0.4, -0.2) is 19.6 Å². The molecule has 0 spiro atoms. The molecule has 1 aliphatic carbocycles. The quantitative estimate of drug-likeness (QED) is 0.778. The molecule has 23 heavy (non-hydrogen) atoms. The van der Waals surface area contributed by atoms with Gasteiger partial charge in [-0.05, 0) is 38.2 Å². The highest BCUT2D eigenvalue weighted by Gasteiger charge is 2.18. The average Bonchev–Trinajstić information content (AvgIpc) is 2.97. The lowest BCUT2D eigenvalue weighted by Gasteiger charge is -2.12. The number of hydrogen-bond donors (Lipinski definition) is 2. The second-order valence-electron chi connectivity index (χ2n) is 6.10. The fraction of sp³-hybridized carbons (Fsp3) is 0.353. The summed E-state index contributed by atoms with van der Waals surface area (Å²) in [6, 6.07) is 8.29. The first kappa shape index (κ1) is 14.0. The monoisotopic (exact) mass is 309 g/mol. The highest BCUT2D eigenvalue weighted by atomic mass is 16.1. The Morgan fingerprint density at radius 3 is 3.00 bits per heavy atom. The van der Waals surface area contributed by atoms with E-state index >= 15 is 0 Å². The number of hydrogen-bond acceptors (Lipinski definition) is 4. The Kier molecular flexibility index (Phi) is 3.37. The fourth-order valence-corrected chi connectivity index (χ4v) is 3.13. The van der Waals surface area contributed by atoms with Crippen molar-refractivity contribution < 1.29 is 0 Å². The Morgan fingerprint density at radius 2 is 2.13 bits per heavy atom. The number of rotatable bonds is 3. The Balaban J connectivity index is 1.64. The SMILES string of the molecule is Cc1cccc(CNc2nc3nc4c(c(=O)n3[nH]2)CCCC4)c1. The normalized spacial score (nSPS) is 14.0. The number of benzene rings is 1. The minimum Gasteiger partial charge on any atom is -0.351 e. The smallest absolute Gasteiger partial charge is 0.277 e. The van der Waals surface area contributed by atoms with Crippen molar-refractivity contribution in [2.24, 2.45) is 0 Å². The molecule has 3 aromatic rings. The maximum atomic E-state index is 12.5. The topological polar surface area (TPSA) is 75.1 Å². The number of fused-ring (bicyclic) bond motifs is 2. The summed E-state index contributed by atoms with van der Waals surface area (Å²) in [5.41, 5.74) is 4.13. The summed E-state index contributed by atoms with van der Waals surface area (Å²) in [6.07, 6.45) is 3.84. The van der Waals surface area contributed by atoms with Gasteiger partial charge in [-0.2, -0.15) is 9.50 Å². The molecule has 0 atom stereocenters. The van der Waals surface area contributed by atoms with Crippen molar-refractivity contribution in [1.82, 2.24) is 19.6 Å². The first-order valence-electron chi connectivity index (χ1n) is 8.00. The molecule has 1 aliphatic rings. The van der Waals surface area contributed by atoms with Crippen LogP contribution >= 0.6 is 0 Å². The zero-order valence-corrected chi connectivity index (χ0v) is 13.1. The summed E-state index contributed by atoms with van der Waals surface area (Å²) in [7, 11) is 0. The summed E-state index contributed by atoms with van der Waals surface area (Å²) < 4.78 is 1.45. The summed E-state index contributed by atoms with van der Waals surface area (Å²) >= 11 is 0. The molecule has 4 rings (SSSR count). The highest BCUT2D eigenvalue weighted by molar-refractivity contribution is 5.40. The third-order valence-corrected chi connectivity index (χ3v) is 4.31. The lowest BCUT2D eigenvalue weighted by molar-refractivity contribution is 0.650. The van der Waals surface area contributed by atoms with Gasteiger partial charge in [0.15, 0.2) is 0 Å². The molecule has 1 aromatic carbocycles. The molecule has 0 radical (unpaired) electrons. The van der Waals surface area contributed by atoms with E-state index in [1.54, 1.807) is 0 Å². The summed E-state index contributed by atoms with van der Waals surface area (Å²) in [5, 5.41) is 6.25. The zero-order valence-electron chi connectivity index (χ0n) is 13.1. The van der Waals surface area contributed by atoms with E-state index in [2.05, 4.69) is 45.5 Å². The van der Waals surface area contributed by atoms with E-state index in [9.17, 15) is 4.79 Å². The van der Waals surface area contributed by atoms with Gasteiger partial charge in [0.1, 0.15) is 0 Å². The maximum Gasteiger partial charge on any atom is 0.277 e. The minimum absolute atomic E-state index is 0.0131. The van der Waals surface area contributed by atoms with Crippen LogP contribution in [0.3, 0.4) is 0 Å². The molecular formula is C17H19N5O. The molecule has 0 aliphatic heterocycles. The molecule has 2 aromatic heterocycles. The van der Waals surface area contributed by atoms with Crippen LogP contribution < -0.4 is 10.9 Å². The molecule has 0 amide bonds. The van der Waals surface area contributed by atoms with Gasteiger partial charge in [-0.3, -0.25) is 9.89 Å². The largest absolute Gasteiger partial charge is 0.351 e. The van der Waals surface area contributed by atoms with Gasteiger partial charge in [-0.1, -0.05) is 29.8 Å². The second kappa shape index (κ2) is 5.53. The third kappa shape index (κ3) is 2.60. The van der Waals surface area contributed by atoms with E-state index in [0.717, 1.165) is 36.9 Å². The second-order valence-corrected chi connectivity index (χ2v) is 6.10. The van der Waals surface area contributed by atoms with Gasteiger partial charge in [-0.15, -0.1) is 0 Å². The van der Waals surface area contributed by atoms with Crippen molar-refractivity contribution in [1.29, 1.82) is 0 Å². The summed E-state index contributed by atoms with van der Waals surface area (Å²) in [6.45, 7) is 2.72. The first-order valence-corrected chi connectivity index (χ1v) is 8.00. The molecular weight excluding hydrogens is 290 g/mol. The fourth-order valence-electron chi connectivity index (χ4n) is 3.13. The minimum atomic E-state index is -0.0131. The third-order valence-electron chi connectivity index (χ3n) is 4.31. The van der Waals surface area contributed by atoms with Gasteiger partial charge in [0.05, 0.1) is 5.69 Å². The van der Waals surface area contributed by atoms with Gasteiger partial charge in [0, 0.05) is 12.1 Å². The Morgan fingerprint density at radius 1 is 1.26 bits per heavy atom. The molecule has 2 N–H and O–H groups in total. The first-order chi connectivity index (χ1) is 11.2. The number of anilines is 1. The standard InChI is InChI=1S/C17H19N5O/c1-11-5-4-6-12(9-11)10-18-16-20-17-19-14-8-3-2-7-13(14)15(23)22(17)21-16/h4-6,9H,2-3,7-8,10H2,1H3,(H2,18,19,20,21). The van der Waals surface area contributed by atoms with Crippen molar-refractivity contribution in [3.05, 3.63) is 57.0 Å². The number of nitrogens with one attached hydrogen (secondary N) is 2. The number of H-pyrrole nitrogens is 1. The Labute approximate surface area is 133 Å². The van der Waals surface area contributed by atoms with Crippen LogP contribution in [0.15, 0.2) is 29.1 Å². The van der Waals surface area contributed by atoms with Crippen LogP contribution in [0.4, 0.5) is 5.95 Å². The van der Waals surface area contributed by atoms with Crippen LogP contribution in [0.1, 0.15) is 35.2 Å².